The van der Waals surface area contributed by atoms with Gasteiger partial charge in [-0.2, -0.15) is 5.10 Å². The molecule has 1 aromatic rings. The van der Waals surface area contributed by atoms with Crippen molar-refractivity contribution >= 4 is 0 Å². The molecule has 0 spiro atoms. The highest BCUT2D eigenvalue weighted by atomic mass is 16.1. The third kappa shape index (κ3) is 1.59. The molecule has 1 aliphatic rings. The van der Waals surface area contributed by atoms with E-state index >= 15 is 0 Å². The zero-order valence-electron chi connectivity index (χ0n) is 8.42. The van der Waals surface area contributed by atoms with Crippen LogP contribution in [-0.4, -0.2) is 27.9 Å². The van der Waals surface area contributed by atoms with E-state index in [-0.39, 0.29) is 5.69 Å². The first-order chi connectivity index (χ1) is 6.83. The summed E-state index contributed by atoms with van der Waals surface area (Å²) in [6, 6.07) is 0. The lowest BCUT2D eigenvalue weighted by molar-refractivity contribution is 0.432. The average Bonchev–Trinajstić information content (AvgIpc) is 2.61. The Balaban J connectivity index is 2.25. The monoisotopic (exact) mass is 196 g/mol. The summed E-state index contributed by atoms with van der Waals surface area (Å²) in [4.78, 5) is 11.3. The molecule has 0 amide bonds. The zero-order chi connectivity index (χ0) is 9.97. The third-order valence-electron chi connectivity index (χ3n) is 2.77. The summed E-state index contributed by atoms with van der Waals surface area (Å²) in [7, 11) is 0. The Kier molecular flexibility index (Phi) is 2.67. The van der Waals surface area contributed by atoms with Gasteiger partial charge in [-0.15, -0.1) is 0 Å². The van der Waals surface area contributed by atoms with E-state index < -0.39 is 0 Å². The molecule has 1 saturated heterocycles. The normalized spacial score (nSPS) is 22.5. The van der Waals surface area contributed by atoms with E-state index in [1.165, 1.54) is 0 Å². The maximum Gasteiger partial charge on any atom is 0.343 e. The lowest BCUT2D eigenvalue weighted by Gasteiger charge is -2.21. The van der Waals surface area contributed by atoms with Crippen LogP contribution in [0, 0.1) is 0 Å². The van der Waals surface area contributed by atoms with Crippen LogP contribution in [0.1, 0.15) is 31.5 Å². The summed E-state index contributed by atoms with van der Waals surface area (Å²) in [5.41, 5.74) is -0.0897. The Hall–Kier alpha value is -1.10. The van der Waals surface area contributed by atoms with Crippen molar-refractivity contribution in [3.8, 4) is 0 Å². The highest BCUT2D eigenvalue weighted by molar-refractivity contribution is 4.99. The standard InChI is InChI=1S/C9H16N4O/c1-2-13-8(11-12-9(13)14)7-4-3-5-10-6-7/h7,10H,2-6H2,1H3,(H,12,14)/t7-/m1/s1. The van der Waals surface area contributed by atoms with Crippen LogP contribution in [0.15, 0.2) is 4.79 Å². The maximum absolute atomic E-state index is 11.3. The minimum absolute atomic E-state index is 0.0897. The van der Waals surface area contributed by atoms with Crippen molar-refractivity contribution in [3.63, 3.8) is 0 Å². The molecular formula is C9H16N4O. The smallest absolute Gasteiger partial charge is 0.316 e. The molecule has 5 heteroatoms. The van der Waals surface area contributed by atoms with Crippen LogP contribution >= 0.6 is 0 Å². The van der Waals surface area contributed by atoms with Crippen LogP contribution in [0.2, 0.25) is 0 Å². The van der Waals surface area contributed by atoms with Crippen LogP contribution in [0.5, 0.6) is 0 Å². The SMILES string of the molecule is CCn1c([C@@H]2CCCNC2)n[nH]c1=O. The van der Waals surface area contributed by atoms with Gasteiger partial charge in [-0.3, -0.25) is 4.57 Å². The summed E-state index contributed by atoms with van der Waals surface area (Å²) in [5, 5.41) is 9.94. The van der Waals surface area contributed by atoms with Gasteiger partial charge in [0.05, 0.1) is 0 Å². The van der Waals surface area contributed by atoms with Crippen molar-refractivity contribution in [3.05, 3.63) is 16.3 Å². The van der Waals surface area contributed by atoms with Gasteiger partial charge < -0.3 is 5.32 Å². The Morgan fingerprint density at radius 1 is 1.64 bits per heavy atom. The van der Waals surface area contributed by atoms with E-state index in [2.05, 4.69) is 15.5 Å². The summed E-state index contributed by atoms with van der Waals surface area (Å²) < 4.78 is 1.72. The van der Waals surface area contributed by atoms with Gasteiger partial charge in [0.1, 0.15) is 5.82 Å². The minimum atomic E-state index is -0.0897. The number of aromatic amines is 1. The number of piperidine rings is 1. The fourth-order valence-electron chi connectivity index (χ4n) is 2.02. The fourth-order valence-corrected chi connectivity index (χ4v) is 2.02. The molecule has 2 N–H and O–H groups in total. The van der Waals surface area contributed by atoms with Gasteiger partial charge in [0.25, 0.3) is 0 Å². The molecule has 0 saturated carbocycles. The van der Waals surface area contributed by atoms with Crippen molar-refractivity contribution in [2.24, 2.45) is 0 Å². The summed E-state index contributed by atoms with van der Waals surface area (Å²) in [6.07, 6.45) is 2.28. The van der Waals surface area contributed by atoms with Gasteiger partial charge in [-0.05, 0) is 26.3 Å². The number of hydrogen-bond acceptors (Lipinski definition) is 3. The Bertz CT molecular complexity index is 348. The highest BCUT2D eigenvalue weighted by Gasteiger charge is 2.20. The minimum Gasteiger partial charge on any atom is -0.316 e. The number of nitrogens with one attached hydrogen (secondary N) is 2. The summed E-state index contributed by atoms with van der Waals surface area (Å²) in [6.45, 7) is 4.68. The van der Waals surface area contributed by atoms with Crippen LogP contribution < -0.4 is 11.0 Å². The average molecular weight is 196 g/mol. The molecule has 0 bridgehead atoms. The lowest BCUT2D eigenvalue weighted by atomic mass is 9.99. The molecule has 0 radical (unpaired) electrons. The van der Waals surface area contributed by atoms with Gasteiger partial charge in [0.15, 0.2) is 0 Å². The largest absolute Gasteiger partial charge is 0.343 e. The molecular weight excluding hydrogens is 180 g/mol. The molecule has 14 heavy (non-hydrogen) atoms. The van der Waals surface area contributed by atoms with E-state index in [4.69, 9.17) is 0 Å². The number of hydrogen-bond donors (Lipinski definition) is 2. The van der Waals surface area contributed by atoms with E-state index in [1.807, 2.05) is 6.92 Å². The number of H-pyrrole nitrogens is 1. The van der Waals surface area contributed by atoms with Gasteiger partial charge in [-0.25, -0.2) is 9.89 Å². The number of aromatic nitrogens is 3. The molecule has 78 valence electrons. The quantitative estimate of drug-likeness (QED) is 0.703. The van der Waals surface area contributed by atoms with Crippen molar-refractivity contribution < 1.29 is 0 Å². The molecule has 1 fully saturated rings. The molecule has 0 aromatic carbocycles. The predicted octanol–water partition coefficient (Wildman–Crippen LogP) is 0.0583. The van der Waals surface area contributed by atoms with E-state index in [9.17, 15) is 4.79 Å². The van der Waals surface area contributed by atoms with E-state index in [0.29, 0.717) is 12.5 Å². The van der Waals surface area contributed by atoms with Crippen molar-refractivity contribution in [1.29, 1.82) is 0 Å². The van der Waals surface area contributed by atoms with E-state index in [1.54, 1.807) is 4.57 Å². The Morgan fingerprint density at radius 3 is 3.14 bits per heavy atom. The first kappa shape index (κ1) is 9.45. The molecule has 2 rings (SSSR count). The van der Waals surface area contributed by atoms with Gasteiger partial charge in [-0.1, -0.05) is 0 Å². The maximum atomic E-state index is 11.3. The second kappa shape index (κ2) is 3.96. The molecule has 1 aliphatic heterocycles. The molecule has 1 aromatic heterocycles. The molecule has 1 atom stereocenters. The predicted molar refractivity (Wildman–Crippen MR) is 53.4 cm³/mol. The van der Waals surface area contributed by atoms with Gasteiger partial charge in [0, 0.05) is 19.0 Å². The first-order valence-corrected chi connectivity index (χ1v) is 5.18. The summed E-state index contributed by atoms with van der Waals surface area (Å²) >= 11 is 0. The van der Waals surface area contributed by atoms with Crippen LogP contribution in [0.3, 0.4) is 0 Å². The lowest BCUT2D eigenvalue weighted by Crippen LogP contribution is -2.31. The topological polar surface area (TPSA) is 62.7 Å². The Labute approximate surface area is 82.5 Å². The van der Waals surface area contributed by atoms with Crippen molar-refractivity contribution in [2.45, 2.75) is 32.2 Å². The molecule has 2 heterocycles. The van der Waals surface area contributed by atoms with Crippen LogP contribution in [-0.2, 0) is 6.54 Å². The van der Waals surface area contributed by atoms with Gasteiger partial charge in [0.2, 0.25) is 0 Å². The fraction of sp³-hybridized carbons (Fsp3) is 0.778. The third-order valence-corrected chi connectivity index (χ3v) is 2.77. The summed E-state index contributed by atoms with van der Waals surface area (Å²) in [5.74, 6) is 1.30. The van der Waals surface area contributed by atoms with E-state index in [0.717, 1.165) is 31.8 Å². The molecule has 5 nitrogen and oxygen atoms in total. The molecule has 0 unspecified atom stereocenters. The molecule has 0 aliphatic carbocycles. The second-order valence-corrected chi connectivity index (χ2v) is 3.67. The van der Waals surface area contributed by atoms with Crippen LogP contribution in [0.25, 0.3) is 0 Å². The first-order valence-electron chi connectivity index (χ1n) is 5.18. The number of rotatable bonds is 2. The van der Waals surface area contributed by atoms with Gasteiger partial charge >= 0.3 is 5.69 Å². The zero-order valence-corrected chi connectivity index (χ0v) is 8.42. The van der Waals surface area contributed by atoms with Crippen molar-refractivity contribution in [1.82, 2.24) is 20.1 Å². The van der Waals surface area contributed by atoms with Crippen LogP contribution in [0.4, 0.5) is 0 Å². The second-order valence-electron chi connectivity index (χ2n) is 3.67. The van der Waals surface area contributed by atoms with Crippen molar-refractivity contribution in [2.75, 3.05) is 13.1 Å². The number of nitrogens with zero attached hydrogens (tertiary/aromatic N) is 2. The Morgan fingerprint density at radius 2 is 2.50 bits per heavy atom. The highest BCUT2D eigenvalue weighted by Crippen LogP contribution is 2.19.